The van der Waals surface area contributed by atoms with Gasteiger partial charge in [0.05, 0.1) is 0 Å². The molecule has 0 bridgehead atoms. The number of hydrogen-bond acceptors (Lipinski definition) is 4. The fraction of sp³-hybridized carbons (Fsp3) is 0.500. The van der Waals surface area contributed by atoms with Crippen LogP contribution in [0.15, 0.2) is 11.0 Å². The third-order valence-corrected chi connectivity index (χ3v) is 2.69. The molecule has 0 saturated carbocycles. The van der Waals surface area contributed by atoms with Crippen LogP contribution in [0.1, 0.15) is 25.1 Å². The summed E-state index contributed by atoms with van der Waals surface area (Å²) in [5.74, 6) is -0.742. The first-order valence-electron chi connectivity index (χ1n) is 5.22. The average Bonchev–Trinajstić information content (AvgIpc) is 2.67. The van der Waals surface area contributed by atoms with Gasteiger partial charge in [-0.1, -0.05) is 0 Å². The molecule has 1 aromatic heterocycles. The van der Waals surface area contributed by atoms with Gasteiger partial charge in [-0.05, 0) is 19.8 Å². The predicted octanol–water partition coefficient (Wildman–Crippen LogP) is 0.247. The molecule has 2 N–H and O–H groups in total. The topological polar surface area (TPSA) is 84.2 Å². The van der Waals surface area contributed by atoms with Crippen molar-refractivity contribution in [3.63, 3.8) is 0 Å². The summed E-state index contributed by atoms with van der Waals surface area (Å²) >= 11 is 0. The van der Waals surface area contributed by atoms with E-state index in [4.69, 9.17) is 5.11 Å². The Morgan fingerprint density at radius 1 is 1.75 bits per heavy atom. The molecule has 2 heterocycles. The predicted molar refractivity (Wildman–Crippen MR) is 57.7 cm³/mol. The molecule has 1 aromatic rings. The van der Waals surface area contributed by atoms with Gasteiger partial charge < -0.3 is 10.4 Å². The fourth-order valence-electron chi connectivity index (χ4n) is 1.96. The molecular weight excluding hydrogens is 210 g/mol. The summed E-state index contributed by atoms with van der Waals surface area (Å²) in [4.78, 5) is 26.9. The SMILES string of the molecule is CCNc1ncc2n(c1=O)C(C(=O)O)CC2. The minimum absolute atomic E-state index is 0.222. The van der Waals surface area contributed by atoms with Crippen LogP contribution in [0.25, 0.3) is 0 Å². The van der Waals surface area contributed by atoms with E-state index in [2.05, 4.69) is 10.3 Å². The van der Waals surface area contributed by atoms with E-state index in [1.807, 2.05) is 6.92 Å². The van der Waals surface area contributed by atoms with E-state index >= 15 is 0 Å². The van der Waals surface area contributed by atoms with Crippen molar-refractivity contribution in [3.05, 3.63) is 22.2 Å². The highest BCUT2D eigenvalue weighted by Gasteiger charge is 2.30. The fourth-order valence-corrected chi connectivity index (χ4v) is 1.96. The van der Waals surface area contributed by atoms with Crippen molar-refractivity contribution in [1.29, 1.82) is 0 Å². The van der Waals surface area contributed by atoms with Crippen molar-refractivity contribution in [2.45, 2.75) is 25.8 Å². The van der Waals surface area contributed by atoms with E-state index in [1.54, 1.807) is 6.20 Å². The lowest BCUT2D eigenvalue weighted by atomic mass is 10.2. The second-order valence-electron chi connectivity index (χ2n) is 3.70. The molecule has 1 unspecified atom stereocenters. The van der Waals surface area contributed by atoms with Gasteiger partial charge in [0.25, 0.3) is 5.56 Å². The molecule has 6 heteroatoms. The van der Waals surface area contributed by atoms with Crippen LogP contribution in [-0.4, -0.2) is 27.2 Å². The number of carbonyl (C=O) groups is 1. The van der Waals surface area contributed by atoms with Crippen LogP contribution in [0.5, 0.6) is 0 Å². The van der Waals surface area contributed by atoms with Crippen molar-refractivity contribution in [1.82, 2.24) is 9.55 Å². The zero-order chi connectivity index (χ0) is 11.7. The van der Waals surface area contributed by atoms with Gasteiger partial charge in [0.2, 0.25) is 0 Å². The zero-order valence-electron chi connectivity index (χ0n) is 8.93. The van der Waals surface area contributed by atoms with Gasteiger partial charge in [-0.15, -0.1) is 0 Å². The summed E-state index contributed by atoms with van der Waals surface area (Å²) in [6, 6.07) is -0.747. The van der Waals surface area contributed by atoms with Crippen LogP contribution in [0.4, 0.5) is 5.82 Å². The van der Waals surface area contributed by atoms with Crippen LogP contribution < -0.4 is 10.9 Å². The molecule has 0 saturated heterocycles. The number of anilines is 1. The highest BCUT2D eigenvalue weighted by molar-refractivity contribution is 5.72. The molecule has 0 aliphatic carbocycles. The summed E-state index contributed by atoms with van der Waals surface area (Å²) < 4.78 is 1.33. The second-order valence-corrected chi connectivity index (χ2v) is 3.70. The maximum atomic E-state index is 11.9. The number of fused-ring (bicyclic) bond motifs is 1. The Morgan fingerprint density at radius 3 is 3.12 bits per heavy atom. The lowest BCUT2D eigenvalue weighted by molar-refractivity contribution is -0.140. The number of hydrogen-bond donors (Lipinski definition) is 2. The number of rotatable bonds is 3. The maximum absolute atomic E-state index is 11.9. The van der Waals surface area contributed by atoms with Gasteiger partial charge in [0.1, 0.15) is 6.04 Å². The Hall–Kier alpha value is -1.85. The molecule has 86 valence electrons. The summed E-state index contributed by atoms with van der Waals surface area (Å²) in [5, 5.41) is 11.8. The first kappa shape index (κ1) is 10.7. The Labute approximate surface area is 91.9 Å². The molecular formula is C10H13N3O3. The smallest absolute Gasteiger partial charge is 0.326 e. The van der Waals surface area contributed by atoms with Crippen LogP contribution in [-0.2, 0) is 11.2 Å². The van der Waals surface area contributed by atoms with Crippen LogP contribution in [0, 0.1) is 0 Å². The highest BCUT2D eigenvalue weighted by Crippen LogP contribution is 2.23. The zero-order valence-corrected chi connectivity index (χ0v) is 8.93. The largest absolute Gasteiger partial charge is 0.480 e. The minimum atomic E-state index is -0.963. The van der Waals surface area contributed by atoms with Crippen LogP contribution >= 0.6 is 0 Å². The van der Waals surface area contributed by atoms with Crippen molar-refractivity contribution in [2.75, 3.05) is 11.9 Å². The lowest BCUT2D eigenvalue weighted by Crippen LogP contribution is -2.30. The number of carboxylic acid groups (broad SMARTS) is 1. The molecule has 1 atom stereocenters. The average molecular weight is 223 g/mol. The molecule has 2 rings (SSSR count). The summed E-state index contributed by atoms with van der Waals surface area (Å²) in [7, 11) is 0. The quantitative estimate of drug-likeness (QED) is 0.767. The van der Waals surface area contributed by atoms with E-state index in [9.17, 15) is 9.59 Å². The standard InChI is InChI=1S/C10H13N3O3/c1-2-11-8-9(14)13-6(5-12-8)3-4-7(13)10(15)16/h5,7H,2-4H2,1H3,(H,11,12)(H,15,16). The van der Waals surface area contributed by atoms with E-state index in [0.29, 0.717) is 25.1 Å². The number of carboxylic acids is 1. The Bertz CT molecular complexity index is 481. The highest BCUT2D eigenvalue weighted by atomic mass is 16.4. The Balaban J connectivity index is 2.51. The minimum Gasteiger partial charge on any atom is -0.480 e. The van der Waals surface area contributed by atoms with E-state index in [0.717, 1.165) is 0 Å². The molecule has 0 spiro atoms. The lowest BCUT2D eigenvalue weighted by Gasteiger charge is -2.11. The first-order valence-corrected chi connectivity index (χ1v) is 5.22. The summed E-state index contributed by atoms with van der Waals surface area (Å²) in [6.45, 7) is 2.44. The summed E-state index contributed by atoms with van der Waals surface area (Å²) in [6.07, 6.45) is 2.62. The Kier molecular flexibility index (Phi) is 2.64. The number of nitrogens with zero attached hydrogens (tertiary/aromatic N) is 2. The number of aliphatic carboxylic acids is 1. The van der Waals surface area contributed by atoms with Crippen molar-refractivity contribution in [2.24, 2.45) is 0 Å². The van der Waals surface area contributed by atoms with E-state index in [1.165, 1.54) is 4.57 Å². The molecule has 1 aliphatic heterocycles. The van der Waals surface area contributed by atoms with Gasteiger partial charge in [0.15, 0.2) is 5.82 Å². The molecule has 0 radical (unpaired) electrons. The van der Waals surface area contributed by atoms with Gasteiger partial charge in [-0.25, -0.2) is 9.78 Å². The van der Waals surface area contributed by atoms with E-state index < -0.39 is 12.0 Å². The third-order valence-electron chi connectivity index (χ3n) is 2.69. The monoisotopic (exact) mass is 223 g/mol. The number of aromatic nitrogens is 2. The van der Waals surface area contributed by atoms with Crippen molar-refractivity contribution in [3.8, 4) is 0 Å². The van der Waals surface area contributed by atoms with Gasteiger partial charge in [-0.2, -0.15) is 0 Å². The normalized spacial score (nSPS) is 18.2. The van der Waals surface area contributed by atoms with Crippen LogP contribution in [0.3, 0.4) is 0 Å². The van der Waals surface area contributed by atoms with Crippen molar-refractivity contribution >= 4 is 11.8 Å². The maximum Gasteiger partial charge on any atom is 0.326 e. The molecule has 0 amide bonds. The van der Waals surface area contributed by atoms with Gasteiger partial charge in [0, 0.05) is 18.4 Å². The first-order chi connectivity index (χ1) is 7.65. The van der Waals surface area contributed by atoms with Crippen molar-refractivity contribution < 1.29 is 9.90 Å². The molecule has 0 aromatic carbocycles. The summed E-state index contributed by atoms with van der Waals surface area (Å²) in [5.41, 5.74) is 0.350. The molecule has 6 nitrogen and oxygen atoms in total. The van der Waals surface area contributed by atoms with E-state index in [-0.39, 0.29) is 11.4 Å². The third kappa shape index (κ3) is 1.56. The van der Waals surface area contributed by atoms with Gasteiger partial charge >= 0.3 is 5.97 Å². The van der Waals surface area contributed by atoms with Crippen LogP contribution in [0.2, 0.25) is 0 Å². The number of aryl methyl sites for hydroxylation is 1. The van der Waals surface area contributed by atoms with Gasteiger partial charge in [-0.3, -0.25) is 9.36 Å². The molecule has 0 fully saturated rings. The second kappa shape index (κ2) is 3.96. The molecule has 1 aliphatic rings. The molecule has 16 heavy (non-hydrogen) atoms. The number of nitrogens with one attached hydrogen (secondary N) is 1. The Morgan fingerprint density at radius 2 is 2.50 bits per heavy atom.